The molecule has 1 aliphatic carbocycles. The quantitative estimate of drug-likeness (QED) is 0.856. The molecule has 4 rings (SSSR count). The molecule has 2 aromatic rings. The van der Waals surface area contributed by atoms with Crippen molar-refractivity contribution in [1.29, 1.82) is 0 Å². The summed E-state index contributed by atoms with van der Waals surface area (Å²) in [5, 5.41) is 6.48. The van der Waals surface area contributed by atoms with Crippen molar-refractivity contribution in [3.63, 3.8) is 0 Å². The van der Waals surface area contributed by atoms with Crippen LogP contribution in [-0.4, -0.2) is 28.5 Å². The second-order valence-corrected chi connectivity index (χ2v) is 6.80. The Morgan fingerprint density at radius 1 is 1.32 bits per heavy atom. The van der Waals surface area contributed by atoms with E-state index in [2.05, 4.69) is 15.6 Å². The average molecular weight is 383 g/mol. The Kier molecular flexibility index (Phi) is 6.14. The number of anilines is 1. The van der Waals surface area contributed by atoms with Crippen molar-refractivity contribution >= 4 is 36.4 Å². The third-order valence-electron chi connectivity index (χ3n) is 5.32. The molecule has 1 aromatic carbocycles. The van der Waals surface area contributed by atoms with E-state index in [1.54, 1.807) is 6.20 Å². The summed E-state index contributed by atoms with van der Waals surface area (Å²) in [6.07, 6.45) is 6.99. The Labute approximate surface area is 160 Å². The highest BCUT2D eigenvalue weighted by molar-refractivity contribution is 5.95. The van der Waals surface area contributed by atoms with Crippen LogP contribution in [0.15, 0.2) is 36.7 Å². The SMILES string of the molecule is Cl.Cl.Cn1ccnc1-c1cccc(NC(=O)C2CC23CCNCC3)c1. The zero-order chi connectivity index (χ0) is 15.9. The molecule has 0 radical (unpaired) electrons. The second kappa shape index (κ2) is 7.77. The van der Waals surface area contributed by atoms with Crippen LogP contribution in [-0.2, 0) is 11.8 Å². The van der Waals surface area contributed by atoms with Crippen LogP contribution in [0.5, 0.6) is 0 Å². The van der Waals surface area contributed by atoms with E-state index in [9.17, 15) is 4.79 Å². The predicted octanol–water partition coefficient (Wildman–Crippen LogP) is 3.26. The normalized spacial score (nSPS) is 20.3. The lowest BCUT2D eigenvalue weighted by Gasteiger charge is -2.23. The van der Waals surface area contributed by atoms with Gasteiger partial charge in [-0.3, -0.25) is 4.79 Å². The number of aromatic nitrogens is 2. The summed E-state index contributed by atoms with van der Waals surface area (Å²) in [4.78, 5) is 16.9. The molecule has 5 nitrogen and oxygen atoms in total. The topological polar surface area (TPSA) is 59.0 Å². The number of amides is 1. The number of aryl methyl sites for hydroxylation is 1. The lowest BCUT2D eigenvalue weighted by Crippen LogP contribution is -2.31. The Balaban J connectivity index is 0.00000113. The summed E-state index contributed by atoms with van der Waals surface area (Å²) in [5.41, 5.74) is 2.14. The van der Waals surface area contributed by atoms with Crippen molar-refractivity contribution in [2.75, 3.05) is 18.4 Å². The first-order chi connectivity index (χ1) is 11.2. The van der Waals surface area contributed by atoms with E-state index in [0.717, 1.165) is 49.4 Å². The number of imidazole rings is 1. The average Bonchev–Trinajstić information content (AvgIpc) is 3.07. The molecule has 1 unspecified atom stereocenters. The second-order valence-electron chi connectivity index (χ2n) is 6.80. The molecule has 1 saturated carbocycles. The molecule has 7 heteroatoms. The number of hydrogen-bond donors (Lipinski definition) is 2. The van der Waals surface area contributed by atoms with Crippen LogP contribution in [0.25, 0.3) is 11.4 Å². The summed E-state index contributed by atoms with van der Waals surface area (Å²) >= 11 is 0. The molecule has 136 valence electrons. The van der Waals surface area contributed by atoms with Gasteiger partial charge in [0.25, 0.3) is 0 Å². The molecular formula is C18H24Cl2N4O. The van der Waals surface area contributed by atoms with Gasteiger partial charge in [-0.1, -0.05) is 12.1 Å². The molecule has 2 fully saturated rings. The highest BCUT2D eigenvalue weighted by atomic mass is 35.5. The molecule has 1 atom stereocenters. The number of benzene rings is 1. The van der Waals surface area contributed by atoms with Crippen LogP contribution in [0.3, 0.4) is 0 Å². The number of rotatable bonds is 3. The third-order valence-corrected chi connectivity index (χ3v) is 5.32. The van der Waals surface area contributed by atoms with Crippen molar-refractivity contribution in [2.24, 2.45) is 18.4 Å². The minimum atomic E-state index is 0. The first-order valence-corrected chi connectivity index (χ1v) is 8.27. The fourth-order valence-corrected chi connectivity index (χ4v) is 3.80. The van der Waals surface area contributed by atoms with Crippen LogP contribution >= 0.6 is 24.8 Å². The van der Waals surface area contributed by atoms with Gasteiger partial charge in [0.15, 0.2) is 0 Å². The number of carbonyl (C=O) groups is 1. The molecule has 2 N–H and O–H groups in total. The summed E-state index contributed by atoms with van der Waals surface area (Å²) in [6, 6.07) is 7.93. The minimum Gasteiger partial charge on any atom is -0.334 e. The fourth-order valence-electron chi connectivity index (χ4n) is 3.80. The van der Waals surface area contributed by atoms with Crippen LogP contribution in [0.1, 0.15) is 19.3 Å². The first-order valence-electron chi connectivity index (χ1n) is 8.27. The molecule has 1 aliphatic heterocycles. The number of carbonyl (C=O) groups excluding carboxylic acids is 1. The highest BCUT2D eigenvalue weighted by Gasteiger charge is 2.57. The number of halogens is 2. The van der Waals surface area contributed by atoms with E-state index in [1.807, 2.05) is 42.1 Å². The van der Waals surface area contributed by atoms with Crippen molar-refractivity contribution in [3.8, 4) is 11.4 Å². The van der Waals surface area contributed by atoms with Gasteiger partial charge in [-0.2, -0.15) is 0 Å². The van der Waals surface area contributed by atoms with E-state index in [4.69, 9.17) is 0 Å². The van der Waals surface area contributed by atoms with Gasteiger partial charge in [-0.05, 0) is 49.9 Å². The van der Waals surface area contributed by atoms with Crippen molar-refractivity contribution in [2.45, 2.75) is 19.3 Å². The molecule has 25 heavy (non-hydrogen) atoms. The minimum absolute atomic E-state index is 0. The highest BCUT2D eigenvalue weighted by Crippen LogP contribution is 2.58. The van der Waals surface area contributed by atoms with Crippen molar-refractivity contribution < 1.29 is 4.79 Å². The third kappa shape index (κ3) is 3.84. The Hall–Kier alpha value is -1.56. The molecular weight excluding hydrogens is 359 g/mol. The molecule has 1 amide bonds. The monoisotopic (exact) mass is 382 g/mol. The Bertz CT molecular complexity index is 740. The van der Waals surface area contributed by atoms with Gasteiger partial charge in [0.2, 0.25) is 5.91 Å². The molecule has 1 saturated heterocycles. The van der Waals surface area contributed by atoms with E-state index in [-0.39, 0.29) is 42.1 Å². The van der Waals surface area contributed by atoms with Gasteiger partial charge in [0.1, 0.15) is 5.82 Å². The van der Waals surface area contributed by atoms with Gasteiger partial charge < -0.3 is 15.2 Å². The number of nitrogens with zero attached hydrogens (tertiary/aromatic N) is 2. The zero-order valence-electron chi connectivity index (χ0n) is 14.2. The Morgan fingerprint density at radius 2 is 2.08 bits per heavy atom. The summed E-state index contributed by atoms with van der Waals surface area (Å²) in [7, 11) is 1.97. The predicted molar refractivity (Wildman–Crippen MR) is 104 cm³/mol. The summed E-state index contributed by atoms with van der Waals surface area (Å²) in [6.45, 7) is 2.08. The van der Waals surface area contributed by atoms with E-state index < -0.39 is 0 Å². The van der Waals surface area contributed by atoms with Crippen LogP contribution in [0.4, 0.5) is 5.69 Å². The molecule has 0 bridgehead atoms. The summed E-state index contributed by atoms with van der Waals surface area (Å²) in [5.74, 6) is 1.26. The van der Waals surface area contributed by atoms with Gasteiger partial charge in [0.05, 0.1) is 0 Å². The molecule has 1 aromatic heterocycles. The number of nitrogens with one attached hydrogen (secondary N) is 2. The number of piperidine rings is 1. The largest absolute Gasteiger partial charge is 0.334 e. The maximum absolute atomic E-state index is 12.6. The van der Waals surface area contributed by atoms with Crippen LogP contribution in [0, 0.1) is 11.3 Å². The van der Waals surface area contributed by atoms with Gasteiger partial charge in [-0.25, -0.2) is 4.98 Å². The van der Waals surface area contributed by atoms with Gasteiger partial charge in [-0.15, -0.1) is 24.8 Å². The Morgan fingerprint density at radius 3 is 2.76 bits per heavy atom. The number of hydrogen-bond acceptors (Lipinski definition) is 3. The van der Waals surface area contributed by atoms with Crippen molar-refractivity contribution in [1.82, 2.24) is 14.9 Å². The molecule has 2 aliphatic rings. The molecule has 2 heterocycles. The zero-order valence-corrected chi connectivity index (χ0v) is 15.8. The van der Waals surface area contributed by atoms with E-state index >= 15 is 0 Å². The van der Waals surface area contributed by atoms with Gasteiger partial charge >= 0.3 is 0 Å². The van der Waals surface area contributed by atoms with Crippen LogP contribution in [0.2, 0.25) is 0 Å². The smallest absolute Gasteiger partial charge is 0.228 e. The van der Waals surface area contributed by atoms with E-state index in [0.29, 0.717) is 0 Å². The van der Waals surface area contributed by atoms with E-state index in [1.165, 1.54) is 0 Å². The maximum Gasteiger partial charge on any atom is 0.228 e. The molecule has 1 spiro atoms. The lowest BCUT2D eigenvalue weighted by molar-refractivity contribution is -0.118. The van der Waals surface area contributed by atoms with Gasteiger partial charge in [0, 0.05) is 36.6 Å². The summed E-state index contributed by atoms with van der Waals surface area (Å²) < 4.78 is 1.98. The lowest BCUT2D eigenvalue weighted by atomic mass is 9.92. The standard InChI is InChI=1S/C18H22N4O.2ClH/c1-22-10-9-20-16(22)13-3-2-4-14(11-13)21-17(23)15-12-18(15)5-7-19-8-6-18;;/h2-4,9-11,15,19H,5-8,12H2,1H3,(H,21,23);2*1H. The maximum atomic E-state index is 12.6. The first kappa shape index (κ1) is 19.8. The van der Waals surface area contributed by atoms with Crippen LogP contribution < -0.4 is 10.6 Å². The fraction of sp³-hybridized carbons (Fsp3) is 0.444. The van der Waals surface area contributed by atoms with Crippen molar-refractivity contribution in [3.05, 3.63) is 36.7 Å².